The number of pyridine rings is 1. The van der Waals surface area contributed by atoms with Crippen LogP contribution in [-0.2, 0) is 6.54 Å². The molecule has 1 amide bonds. The van der Waals surface area contributed by atoms with Crippen molar-refractivity contribution >= 4 is 11.6 Å². The number of halogens is 1. The fourth-order valence-corrected chi connectivity index (χ4v) is 5.53. The molecule has 0 radical (unpaired) electrons. The van der Waals surface area contributed by atoms with Crippen LogP contribution in [0.4, 0.5) is 10.1 Å². The third kappa shape index (κ3) is 4.04. The Kier molecular flexibility index (Phi) is 5.40. The molecule has 3 aliphatic rings. The number of rotatable bonds is 3. The van der Waals surface area contributed by atoms with Crippen molar-refractivity contribution in [2.24, 2.45) is 5.92 Å². The molecule has 1 aromatic carbocycles. The van der Waals surface area contributed by atoms with E-state index in [1.165, 1.54) is 37.1 Å². The third-order valence-electron chi connectivity index (χ3n) is 7.19. The van der Waals surface area contributed by atoms with Crippen LogP contribution in [0, 0.1) is 11.7 Å². The molecule has 4 heterocycles. The van der Waals surface area contributed by atoms with E-state index in [1.54, 1.807) is 6.07 Å². The minimum Gasteiger partial charge on any atom is -0.317 e. The highest BCUT2D eigenvalue weighted by Crippen LogP contribution is 2.37. The molecule has 3 aliphatic heterocycles. The van der Waals surface area contributed by atoms with E-state index in [-0.39, 0.29) is 11.2 Å². The molecule has 1 N–H and O–H groups in total. The molecule has 0 aliphatic carbocycles. The summed E-state index contributed by atoms with van der Waals surface area (Å²) in [5.41, 5.74) is 1.55. The molecule has 2 bridgehead atoms. The lowest BCUT2D eigenvalue weighted by molar-refractivity contribution is 0.0517. The van der Waals surface area contributed by atoms with Crippen molar-refractivity contribution in [3.05, 3.63) is 63.8 Å². The second-order valence-electron chi connectivity index (χ2n) is 9.34. The van der Waals surface area contributed by atoms with E-state index in [2.05, 4.69) is 22.2 Å². The first-order valence-electron chi connectivity index (χ1n) is 11.2. The largest absolute Gasteiger partial charge is 0.317 e. The van der Waals surface area contributed by atoms with Gasteiger partial charge in [0, 0.05) is 42.9 Å². The van der Waals surface area contributed by atoms with E-state index in [1.807, 2.05) is 10.6 Å². The number of fused-ring (bicyclic) bond motifs is 4. The number of hydrogen-bond donors (Lipinski definition) is 1. The number of amides is 1. The maximum atomic E-state index is 13.2. The van der Waals surface area contributed by atoms with E-state index in [9.17, 15) is 14.0 Å². The summed E-state index contributed by atoms with van der Waals surface area (Å²) in [6.07, 6.45) is 3.57. The quantitative estimate of drug-likeness (QED) is 0.823. The van der Waals surface area contributed by atoms with Gasteiger partial charge in [-0.15, -0.1) is 0 Å². The number of aromatic nitrogens is 1. The number of carbonyl (C=O) groups is 1. The van der Waals surface area contributed by atoms with E-state index in [0.29, 0.717) is 30.0 Å². The van der Waals surface area contributed by atoms with E-state index < -0.39 is 11.7 Å². The second-order valence-corrected chi connectivity index (χ2v) is 9.34. The summed E-state index contributed by atoms with van der Waals surface area (Å²) >= 11 is 0. The molecule has 5 rings (SSSR count). The number of piperidine rings is 2. The van der Waals surface area contributed by atoms with Crippen LogP contribution >= 0.6 is 0 Å². The average molecular weight is 425 g/mol. The lowest BCUT2D eigenvalue weighted by atomic mass is 9.82. The molecular weight excluding hydrogens is 395 g/mol. The van der Waals surface area contributed by atoms with Gasteiger partial charge in [0.05, 0.1) is 0 Å². The van der Waals surface area contributed by atoms with Gasteiger partial charge in [-0.3, -0.25) is 14.5 Å². The van der Waals surface area contributed by atoms with E-state index in [4.69, 9.17) is 0 Å². The highest BCUT2D eigenvalue weighted by Gasteiger charge is 2.37. The minimum atomic E-state index is -0.401. The summed E-state index contributed by atoms with van der Waals surface area (Å²) in [5.74, 6) is 0.0293. The van der Waals surface area contributed by atoms with Crippen molar-refractivity contribution in [1.29, 1.82) is 0 Å². The first-order chi connectivity index (χ1) is 15.0. The van der Waals surface area contributed by atoms with Crippen molar-refractivity contribution in [3.63, 3.8) is 0 Å². The van der Waals surface area contributed by atoms with Gasteiger partial charge in [0.15, 0.2) is 0 Å². The summed E-state index contributed by atoms with van der Waals surface area (Å²) in [4.78, 5) is 30.7. The van der Waals surface area contributed by atoms with Gasteiger partial charge < -0.3 is 14.8 Å². The summed E-state index contributed by atoms with van der Waals surface area (Å²) in [7, 11) is 2.19. The van der Waals surface area contributed by atoms with Crippen LogP contribution in [0.2, 0.25) is 0 Å². The van der Waals surface area contributed by atoms with Crippen LogP contribution in [0.25, 0.3) is 0 Å². The predicted molar refractivity (Wildman–Crippen MR) is 118 cm³/mol. The molecule has 164 valence electrons. The fourth-order valence-electron chi connectivity index (χ4n) is 5.53. The Balaban J connectivity index is 1.34. The monoisotopic (exact) mass is 424 g/mol. The zero-order valence-corrected chi connectivity index (χ0v) is 17.9. The van der Waals surface area contributed by atoms with Crippen LogP contribution in [0.1, 0.15) is 41.2 Å². The molecule has 0 spiro atoms. The molecule has 6 nitrogen and oxygen atoms in total. The molecule has 2 fully saturated rings. The lowest BCUT2D eigenvalue weighted by Gasteiger charge is -2.47. The van der Waals surface area contributed by atoms with E-state index in [0.717, 1.165) is 38.3 Å². The summed E-state index contributed by atoms with van der Waals surface area (Å²) in [6, 6.07) is 9.70. The van der Waals surface area contributed by atoms with Crippen LogP contribution in [-0.4, -0.2) is 59.5 Å². The Morgan fingerprint density at radius 3 is 2.52 bits per heavy atom. The second kappa shape index (κ2) is 8.20. The third-order valence-corrected chi connectivity index (χ3v) is 7.19. The van der Waals surface area contributed by atoms with Crippen LogP contribution < -0.4 is 10.9 Å². The zero-order valence-electron chi connectivity index (χ0n) is 17.9. The summed E-state index contributed by atoms with van der Waals surface area (Å²) in [6.45, 7) is 5.07. The fraction of sp³-hybridized carbons (Fsp3) is 0.500. The smallest absolute Gasteiger partial charge is 0.274 e. The molecule has 2 saturated heterocycles. The summed E-state index contributed by atoms with van der Waals surface area (Å²) < 4.78 is 15.0. The van der Waals surface area contributed by atoms with Crippen LogP contribution in [0.15, 0.2) is 41.2 Å². The molecular formula is C24H29FN4O2. The molecule has 1 aromatic heterocycles. The number of nitrogens with zero attached hydrogens (tertiary/aromatic N) is 3. The normalized spacial score (nSPS) is 24.6. The Bertz CT molecular complexity index is 1030. The van der Waals surface area contributed by atoms with Gasteiger partial charge in [-0.2, -0.15) is 0 Å². The van der Waals surface area contributed by atoms with Gasteiger partial charge >= 0.3 is 0 Å². The highest BCUT2D eigenvalue weighted by molar-refractivity contribution is 6.04. The van der Waals surface area contributed by atoms with Crippen molar-refractivity contribution in [2.75, 3.05) is 38.5 Å². The molecule has 7 heteroatoms. The topological polar surface area (TPSA) is 57.6 Å². The molecule has 2 atom stereocenters. The summed E-state index contributed by atoms with van der Waals surface area (Å²) in [5, 5.41) is 2.72. The average Bonchev–Trinajstić information content (AvgIpc) is 2.77. The number of anilines is 1. The van der Waals surface area contributed by atoms with Crippen LogP contribution in [0.5, 0.6) is 0 Å². The van der Waals surface area contributed by atoms with E-state index >= 15 is 0 Å². The number of benzene rings is 1. The van der Waals surface area contributed by atoms with Crippen LogP contribution in [0.3, 0.4) is 0 Å². The predicted octanol–water partition coefficient (Wildman–Crippen LogP) is 2.75. The molecule has 0 unspecified atom stereocenters. The maximum absolute atomic E-state index is 13.2. The van der Waals surface area contributed by atoms with Crippen molar-refractivity contribution in [1.82, 2.24) is 14.4 Å². The Labute approximate surface area is 181 Å². The first-order valence-corrected chi connectivity index (χ1v) is 11.2. The molecule has 2 aromatic rings. The Morgan fingerprint density at radius 2 is 1.77 bits per heavy atom. The van der Waals surface area contributed by atoms with Gasteiger partial charge in [0.2, 0.25) is 0 Å². The SMILES string of the molecule is CN1CCC(N2C[C@@H]3C[C@H](C2)c2ccc(NC(=O)c4ccc(F)cc4)c(=O)n2C3)CC1. The first kappa shape index (κ1) is 20.4. The Hall–Kier alpha value is -2.51. The van der Waals surface area contributed by atoms with Gasteiger partial charge in [-0.1, -0.05) is 0 Å². The number of carbonyl (C=O) groups excluding carboxylic acids is 1. The molecule has 31 heavy (non-hydrogen) atoms. The van der Waals surface area contributed by atoms with Gasteiger partial charge in [-0.25, -0.2) is 4.39 Å². The van der Waals surface area contributed by atoms with Crippen molar-refractivity contribution in [2.45, 2.75) is 37.8 Å². The Morgan fingerprint density at radius 1 is 1.03 bits per heavy atom. The molecule has 0 saturated carbocycles. The standard InChI is InChI=1S/C24H29FN4O2/c1-27-10-8-20(9-11-27)28-13-16-12-18(15-28)22-7-6-21(24(31)29(22)14-16)26-23(30)17-2-4-19(25)5-3-17/h2-7,16,18,20H,8-15H2,1H3,(H,26,30)/t16-,18+/m0/s1. The number of likely N-dealkylation sites (tertiary alicyclic amines) is 2. The van der Waals surface area contributed by atoms with Crippen molar-refractivity contribution < 1.29 is 9.18 Å². The van der Waals surface area contributed by atoms with Crippen molar-refractivity contribution in [3.8, 4) is 0 Å². The number of hydrogen-bond acceptors (Lipinski definition) is 4. The van der Waals surface area contributed by atoms with Gasteiger partial charge in [-0.05, 0) is 81.7 Å². The lowest BCUT2D eigenvalue weighted by Crippen LogP contribution is -2.53. The van der Waals surface area contributed by atoms with Gasteiger partial charge in [0.25, 0.3) is 11.5 Å². The zero-order chi connectivity index (χ0) is 21.5. The maximum Gasteiger partial charge on any atom is 0.274 e. The highest BCUT2D eigenvalue weighted by atomic mass is 19.1. The van der Waals surface area contributed by atoms with Gasteiger partial charge in [0.1, 0.15) is 11.5 Å². The number of nitrogens with one attached hydrogen (secondary N) is 1. The minimum absolute atomic E-state index is 0.143.